The highest BCUT2D eigenvalue weighted by Crippen LogP contribution is 2.15. The standard InChI is InChI=1S/C10H7FN2/c1-3-10-12-8-5-4-7(11)6-9(8)13(10)2/h1,4-6H,2H3. The molecule has 0 spiro atoms. The quantitative estimate of drug-likeness (QED) is 0.556. The van der Waals surface area contributed by atoms with Crippen molar-refractivity contribution in [1.29, 1.82) is 0 Å². The maximum Gasteiger partial charge on any atom is 0.185 e. The summed E-state index contributed by atoms with van der Waals surface area (Å²) in [5.41, 5.74) is 1.44. The fourth-order valence-corrected chi connectivity index (χ4v) is 1.29. The molecule has 1 aromatic carbocycles. The van der Waals surface area contributed by atoms with Gasteiger partial charge in [-0.3, -0.25) is 0 Å². The van der Waals surface area contributed by atoms with Gasteiger partial charge in [-0.25, -0.2) is 9.37 Å². The first-order valence-electron chi connectivity index (χ1n) is 3.81. The molecule has 3 heteroatoms. The Morgan fingerprint density at radius 3 is 3.00 bits per heavy atom. The van der Waals surface area contributed by atoms with Crippen LogP contribution in [0.5, 0.6) is 0 Å². The van der Waals surface area contributed by atoms with Crippen LogP contribution in [-0.4, -0.2) is 9.55 Å². The summed E-state index contributed by atoms with van der Waals surface area (Å²) in [6.07, 6.45) is 5.23. The van der Waals surface area contributed by atoms with E-state index in [2.05, 4.69) is 10.9 Å². The molecule has 0 fully saturated rings. The molecule has 0 bridgehead atoms. The summed E-state index contributed by atoms with van der Waals surface area (Å²) in [4.78, 5) is 4.13. The maximum absolute atomic E-state index is 12.8. The lowest BCUT2D eigenvalue weighted by Gasteiger charge is -1.94. The van der Waals surface area contributed by atoms with Crippen LogP contribution < -0.4 is 0 Å². The Hall–Kier alpha value is -1.82. The zero-order valence-electron chi connectivity index (χ0n) is 7.08. The van der Waals surface area contributed by atoms with Crippen LogP contribution in [0, 0.1) is 18.2 Å². The van der Waals surface area contributed by atoms with Crippen molar-refractivity contribution >= 4 is 11.0 Å². The zero-order valence-corrected chi connectivity index (χ0v) is 7.08. The van der Waals surface area contributed by atoms with Crippen LogP contribution >= 0.6 is 0 Å². The maximum atomic E-state index is 12.8. The largest absolute Gasteiger partial charge is 0.320 e. The molecular weight excluding hydrogens is 167 g/mol. The number of nitrogens with zero attached hydrogens (tertiary/aromatic N) is 2. The van der Waals surface area contributed by atoms with Crippen molar-refractivity contribution in [3.63, 3.8) is 0 Å². The van der Waals surface area contributed by atoms with E-state index in [-0.39, 0.29) is 5.82 Å². The van der Waals surface area contributed by atoms with Crippen LogP contribution in [0.1, 0.15) is 5.82 Å². The zero-order chi connectivity index (χ0) is 9.42. The van der Waals surface area contributed by atoms with Crippen LogP contribution in [0.25, 0.3) is 11.0 Å². The average Bonchev–Trinajstić information content (AvgIpc) is 2.44. The van der Waals surface area contributed by atoms with E-state index in [4.69, 9.17) is 6.42 Å². The number of hydrogen-bond acceptors (Lipinski definition) is 1. The third-order valence-electron chi connectivity index (χ3n) is 1.97. The molecule has 0 radical (unpaired) electrons. The SMILES string of the molecule is C#Cc1nc2ccc(F)cc2n1C. The van der Waals surface area contributed by atoms with E-state index in [9.17, 15) is 4.39 Å². The Morgan fingerprint density at radius 2 is 2.31 bits per heavy atom. The molecule has 64 valence electrons. The number of aromatic nitrogens is 2. The summed E-state index contributed by atoms with van der Waals surface area (Å²) < 4.78 is 14.5. The first-order chi connectivity index (χ1) is 6.22. The van der Waals surface area contributed by atoms with E-state index < -0.39 is 0 Å². The summed E-state index contributed by atoms with van der Waals surface area (Å²) in [5.74, 6) is 2.67. The van der Waals surface area contributed by atoms with Gasteiger partial charge in [-0.15, -0.1) is 6.42 Å². The number of imidazole rings is 1. The van der Waals surface area contributed by atoms with Crippen molar-refractivity contribution in [2.75, 3.05) is 0 Å². The van der Waals surface area contributed by atoms with Crippen molar-refractivity contribution in [1.82, 2.24) is 9.55 Å². The van der Waals surface area contributed by atoms with Crippen molar-refractivity contribution in [3.05, 3.63) is 29.8 Å². The molecule has 0 atom stereocenters. The van der Waals surface area contributed by atoms with Gasteiger partial charge >= 0.3 is 0 Å². The average molecular weight is 174 g/mol. The number of benzene rings is 1. The summed E-state index contributed by atoms with van der Waals surface area (Å²) in [6, 6.07) is 4.41. The monoisotopic (exact) mass is 174 g/mol. The van der Waals surface area contributed by atoms with Gasteiger partial charge in [0.25, 0.3) is 0 Å². The molecule has 0 amide bonds. The number of fused-ring (bicyclic) bond motifs is 1. The minimum atomic E-state index is -0.279. The molecule has 0 aliphatic rings. The molecule has 0 aliphatic heterocycles. The van der Waals surface area contributed by atoms with Crippen molar-refractivity contribution < 1.29 is 4.39 Å². The Bertz CT molecular complexity index is 505. The fourth-order valence-electron chi connectivity index (χ4n) is 1.29. The molecule has 1 aromatic heterocycles. The Kier molecular flexibility index (Phi) is 1.56. The van der Waals surface area contributed by atoms with Gasteiger partial charge in [0.2, 0.25) is 0 Å². The van der Waals surface area contributed by atoms with Gasteiger partial charge in [0.1, 0.15) is 5.82 Å². The topological polar surface area (TPSA) is 17.8 Å². The van der Waals surface area contributed by atoms with Gasteiger partial charge in [-0.05, 0) is 24.1 Å². The molecule has 1 heterocycles. The Balaban J connectivity index is 2.87. The number of hydrogen-bond donors (Lipinski definition) is 0. The lowest BCUT2D eigenvalue weighted by molar-refractivity contribution is 0.629. The van der Waals surface area contributed by atoms with Gasteiger partial charge in [-0.1, -0.05) is 0 Å². The molecule has 0 aliphatic carbocycles. The first-order valence-corrected chi connectivity index (χ1v) is 3.81. The second-order valence-electron chi connectivity index (χ2n) is 2.77. The van der Waals surface area contributed by atoms with Crippen molar-refractivity contribution in [3.8, 4) is 12.3 Å². The summed E-state index contributed by atoms with van der Waals surface area (Å²) >= 11 is 0. The molecule has 13 heavy (non-hydrogen) atoms. The Labute approximate surface area is 75.0 Å². The minimum Gasteiger partial charge on any atom is -0.320 e. The van der Waals surface area contributed by atoms with E-state index in [1.165, 1.54) is 12.1 Å². The van der Waals surface area contributed by atoms with Gasteiger partial charge in [0.05, 0.1) is 11.0 Å². The third kappa shape index (κ3) is 1.07. The van der Waals surface area contributed by atoms with Gasteiger partial charge < -0.3 is 4.57 Å². The first kappa shape index (κ1) is 7.81. The number of rotatable bonds is 0. The van der Waals surface area contributed by atoms with E-state index in [1.807, 2.05) is 0 Å². The van der Waals surface area contributed by atoms with E-state index in [1.54, 1.807) is 17.7 Å². The van der Waals surface area contributed by atoms with Crippen LogP contribution in [0.15, 0.2) is 18.2 Å². The highest BCUT2D eigenvalue weighted by molar-refractivity contribution is 5.76. The lowest BCUT2D eigenvalue weighted by Crippen LogP contribution is -1.91. The normalized spacial score (nSPS) is 10.2. The summed E-state index contributed by atoms with van der Waals surface area (Å²) in [6.45, 7) is 0. The minimum absolute atomic E-state index is 0.279. The number of aryl methyl sites for hydroxylation is 1. The van der Waals surface area contributed by atoms with Gasteiger partial charge in [0.15, 0.2) is 5.82 Å². The predicted octanol–water partition coefficient (Wildman–Crippen LogP) is 1.69. The summed E-state index contributed by atoms with van der Waals surface area (Å²) in [7, 11) is 1.77. The lowest BCUT2D eigenvalue weighted by atomic mass is 10.3. The predicted molar refractivity (Wildman–Crippen MR) is 48.6 cm³/mol. The fraction of sp³-hybridized carbons (Fsp3) is 0.100. The Morgan fingerprint density at radius 1 is 1.54 bits per heavy atom. The summed E-state index contributed by atoms with van der Waals surface area (Å²) in [5, 5.41) is 0. The van der Waals surface area contributed by atoms with Crippen LogP contribution in [0.3, 0.4) is 0 Å². The highest BCUT2D eigenvalue weighted by Gasteiger charge is 2.05. The molecule has 2 rings (SSSR count). The number of terminal acetylenes is 1. The van der Waals surface area contributed by atoms with Crippen molar-refractivity contribution in [2.45, 2.75) is 0 Å². The second-order valence-corrected chi connectivity index (χ2v) is 2.77. The molecule has 0 N–H and O–H groups in total. The smallest absolute Gasteiger partial charge is 0.185 e. The molecule has 0 saturated carbocycles. The third-order valence-corrected chi connectivity index (χ3v) is 1.97. The van der Waals surface area contributed by atoms with E-state index >= 15 is 0 Å². The van der Waals surface area contributed by atoms with Crippen LogP contribution in [0.4, 0.5) is 4.39 Å². The van der Waals surface area contributed by atoms with Crippen molar-refractivity contribution in [2.24, 2.45) is 7.05 Å². The molecule has 0 unspecified atom stereocenters. The van der Waals surface area contributed by atoms with Gasteiger partial charge in [0, 0.05) is 7.05 Å². The second kappa shape index (κ2) is 2.60. The van der Waals surface area contributed by atoms with Crippen LogP contribution in [-0.2, 0) is 7.05 Å². The number of halogens is 1. The van der Waals surface area contributed by atoms with E-state index in [0.29, 0.717) is 11.3 Å². The van der Waals surface area contributed by atoms with Crippen LogP contribution in [0.2, 0.25) is 0 Å². The highest BCUT2D eigenvalue weighted by atomic mass is 19.1. The van der Waals surface area contributed by atoms with E-state index in [0.717, 1.165) is 5.52 Å². The molecule has 2 aromatic rings. The molecule has 2 nitrogen and oxygen atoms in total. The van der Waals surface area contributed by atoms with Gasteiger partial charge in [-0.2, -0.15) is 0 Å². The molecular formula is C10H7FN2. The molecule has 0 saturated heterocycles.